The second-order valence-electron chi connectivity index (χ2n) is 6.00. The molecule has 1 heterocycles. The van der Waals surface area contributed by atoms with Crippen molar-refractivity contribution >= 4 is 28.3 Å². The van der Waals surface area contributed by atoms with E-state index in [1.54, 1.807) is 13.1 Å². The number of benzene rings is 1. The van der Waals surface area contributed by atoms with Gasteiger partial charge in [-0.2, -0.15) is 5.10 Å². The largest absolute Gasteiger partial charge is 0.388 e. The van der Waals surface area contributed by atoms with Crippen LogP contribution in [0, 0.1) is 11.8 Å². The van der Waals surface area contributed by atoms with Crippen LogP contribution in [0.3, 0.4) is 0 Å². The van der Waals surface area contributed by atoms with E-state index >= 15 is 0 Å². The third-order valence-corrected chi connectivity index (χ3v) is 4.87. The van der Waals surface area contributed by atoms with Gasteiger partial charge in [0.1, 0.15) is 5.78 Å². The van der Waals surface area contributed by atoms with Gasteiger partial charge in [-0.3, -0.25) is 9.89 Å². The van der Waals surface area contributed by atoms with Crippen LogP contribution in [0.1, 0.15) is 44.3 Å². The predicted molar refractivity (Wildman–Crippen MR) is 82.2 cm³/mol. The summed E-state index contributed by atoms with van der Waals surface area (Å²) < 4.78 is 0. The number of aromatic nitrogens is 2. The quantitative estimate of drug-likeness (QED) is 0.909. The number of halogens is 1. The Morgan fingerprint density at radius 3 is 2.76 bits per heavy atom. The molecule has 1 aromatic carbocycles. The standard InChI is InChI=1S/C16H19ClN2O2/c1-9(20)10-2-4-11(5-3-10)16(21)14-7-13(17)6-12-8-18-19-15(12)14/h6-8,10-11,16,21H,2-5H2,1H3,(H,18,19). The molecule has 1 aromatic heterocycles. The van der Waals surface area contributed by atoms with Crippen molar-refractivity contribution in [2.75, 3.05) is 0 Å². The highest BCUT2D eigenvalue weighted by atomic mass is 35.5. The molecule has 0 spiro atoms. The molecular formula is C16H19ClN2O2. The Bertz CT molecular complexity index is 659. The Kier molecular flexibility index (Phi) is 4.00. The van der Waals surface area contributed by atoms with Crippen molar-refractivity contribution in [3.8, 4) is 0 Å². The first-order valence-electron chi connectivity index (χ1n) is 7.37. The molecule has 2 aromatic rings. The third kappa shape index (κ3) is 2.83. The number of rotatable bonds is 3. The summed E-state index contributed by atoms with van der Waals surface area (Å²) in [7, 11) is 0. The molecule has 112 valence electrons. The summed E-state index contributed by atoms with van der Waals surface area (Å²) in [6.07, 6.45) is 4.61. The van der Waals surface area contributed by atoms with Gasteiger partial charge in [0.05, 0.1) is 17.8 Å². The predicted octanol–water partition coefficient (Wildman–Crippen LogP) is 3.65. The summed E-state index contributed by atoms with van der Waals surface area (Å²) in [4.78, 5) is 11.4. The number of carbonyl (C=O) groups is 1. The number of aliphatic hydroxyl groups excluding tert-OH is 1. The lowest BCUT2D eigenvalue weighted by Gasteiger charge is -2.30. The van der Waals surface area contributed by atoms with Crippen molar-refractivity contribution in [2.24, 2.45) is 11.8 Å². The summed E-state index contributed by atoms with van der Waals surface area (Å²) in [5.41, 5.74) is 1.65. The second-order valence-corrected chi connectivity index (χ2v) is 6.43. The lowest BCUT2D eigenvalue weighted by molar-refractivity contribution is -0.122. The number of H-pyrrole nitrogens is 1. The number of fused-ring (bicyclic) bond motifs is 1. The van der Waals surface area contributed by atoms with Gasteiger partial charge in [-0.25, -0.2) is 0 Å². The van der Waals surface area contributed by atoms with Crippen LogP contribution >= 0.6 is 11.6 Å². The maximum absolute atomic E-state index is 11.4. The first-order chi connectivity index (χ1) is 10.1. The van der Waals surface area contributed by atoms with Gasteiger partial charge < -0.3 is 5.11 Å². The van der Waals surface area contributed by atoms with Gasteiger partial charge in [-0.15, -0.1) is 0 Å². The molecular weight excluding hydrogens is 288 g/mol. The molecule has 0 saturated heterocycles. The summed E-state index contributed by atoms with van der Waals surface area (Å²) in [5.74, 6) is 0.604. The molecule has 5 heteroatoms. The summed E-state index contributed by atoms with van der Waals surface area (Å²) in [6, 6.07) is 3.65. The van der Waals surface area contributed by atoms with Gasteiger partial charge in [-0.05, 0) is 50.7 Å². The van der Waals surface area contributed by atoms with E-state index in [2.05, 4.69) is 10.2 Å². The van der Waals surface area contributed by atoms with E-state index in [0.717, 1.165) is 42.1 Å². The molecule has 3 rings (SSSR count). The van der Waals surface area contributed by atoms with Crippen molar-refractivity contribution in [1.82, 2.24) is 10.2 Å². The van der Waals surface area contributed by atoms with E-state index in [1.165, 1.54) is 0 Å². The molecule has 0 aliphatic heterocycles. The number of nitrogens with zero attached hydrogens (tertiary/aromatic N) is 1. The number of aliphatic hydroxyl groups is 1. The van der Waals surface area contributed by atoms with Crippen LogP contribution in [0.4, 0.5) is 0 Å². The monoisotopic (exact) mass is 306 g/mol. The average molecular weight is 307 g/mol. The molecule has 0 amide bonds. The zero-order valence-corrected chi connectivity index (χ0v) is 12.7. The van der Waals surface area contributed by atoms with Crippen molar-refractivity contribution in [1.29, 1.82) is 0 Å². The van der Waals surface area contributed by atoms with Crippen LogP contribution in [0.15, 0.2) is 18.3 Å². The molecule has 21 heavy (non-hydrogen) atoms. The van der Waals surface area contributed by atoms with E-state index in [0.29, 0.717) is 5.02 Å². The lowest BCUT2D eigenvalue weighted by atomic mass is 9.76. The van der Waals surface area contributed by atoms with E-state index in [1.807, 2.05) is 12.1 Å². The van der Waals surface area contributed by atoms with Crippen LogP contribution in [-0.2, 0) is 4.79 Å². The molecule has 0 radical (unpaired) electrons. The molecule has 0 bridgehead atoms. The zero-order chi connectivity index (χ0) is 15.0. The fourth-order valence-electron chi connectivity index (χ4n) is 3.38. The Hall–Kier alpha value is -1.39. The van der Waals surface area contributed by atoms with Gasteiger partial charge in [0.25, 0.3) is 0 Å². The average Bonchev–Trinajstić information content (AvgIpc) is 2.93. The smallest absolute Gasteiger partial charge is 0.132 e. The molecule has 1 atom stereocenters. The highest BCUT2D eigenvalue weighted by Gasteiger charge is 2.30. The van der Waals surface area contributed by atoms with E-state index < -0.39 is 6.10 Å². The maximum atomic E-state index is 11.4. The lowest BCUT2D eigenvalue weighted by Crippen LogP contribution is -2.24. The number of nitrogens with one attached hydrogen (secondary N) is 1. The van der Waals surface area contributed by atoms with Crippen molar-refractivity contribution in [3.05, 3.63) is 28.9 Å². The van der Waals surface area contributed by atoms with Crippen molar-refractivity contribution in [3.63, 3.8) is 0 Å². The molecule has 4 nitrogen and oxygen atoms in total. The maximum Gasteiger partial charge on any atom is 0.132 e. The van der Waals surface area contributed by atoms with Crippen LogP contribution in [-0.4, -0.2) is 21.1 Å². The Labute approximate surface area is 128 Å². The summed E-state index contributed by atoms with van der Waals surface area (Å²) in [5, 5.41) is 19.2. The van der Waals surface area contributed by atoms with Crippen molar-refractivity contribution < 1.29 is 9.90 Å². The number of aromatic amines is 1. The minimum absolute atomic E-state index is 0.167. The van der Waals surface area contributed by atoms with Gasteiger partial charge in [0, 0.05) is 21.9 Å². The highest BCUT2D eigenvalue weighted by molar-refractivity contribution is 6.31. The second kappa shape index (κ2) is 5.78. The first kappa shape index (κ1) is 14.5. The molecule has 1 saturated carbocycles. The van der Waals surface area contributed by atoms with Gasteiger partial charge in [0.2, 0.25) is 0 Å². The minimum atomic E-state index is -0.570. The first-order valence-corrected chi connectivity index (χ1v) is 7.75. The molecule has 1 aliphatic carbocycles. The summed E-state index contributed by atoms with van der Waals surface area (Å²) in [6.45, 7) is 1.66. The molecule has 1 unspecified atom stereocenters. The van der Waals surface area contributed by atoms with E-state index in [4.69, 9.17) is 11.6 Å². The van der Waals surface area contributed by atoms with Crippen LogP contribution < -0.4 is 0 Å². The van der Waals surface area contributed by atoms with E-state index in [9.17, 15) is 9.90 Å². The zero-order valence-electron chi connectivity index (χ0n) is 12.0. The summed E-state index contributed by atoms with van der Waals surface area (Å²) >= 11 is 6.13. The van der Waals surface area contributed by atoms with Gasteiger partial charge in [-0.1, -0.05) is 11.6 Å². The Morgan fingerprint density at radius 2 is 2.10 bits per heavy atom. The SMILES string of the molecule is CC(=O)C1CCC(C(O)c2cc(Cl)cc3cn[nH]c23)CC1. The Morgan fingerprint density at radius 1 is 1.38 bits per heavy atom. The van der Waals surface area contributed by atoms with Gasteiger partial charge in [0.15, 0.2) is 0 Å². The van der Waals surface area contributed by atoms with Crippen LogP contribution in [0.2, 0.25) is 5.02 Å². The van der Waals surface area contributed by atoms with Crippen molar-refractivity contribution in [2.45, 2.75) is 38.7 Å². The highest BCUT2D eigenvalue weighted by Crippen LogP contribution is 2.39. The fourth-order valence-corrected chi connectivity index (χ4v) is 3.61. The number of hydrogen-bond acceptors (Lipinski definition) is 3. The van der Waals surface area contributed by atoms with Crippen LogP contribution in [0.25, 0.3) is 10.9 Å². The number of Topliss-reactive ketones (excluding diaryl/α,β-unsaturated/α-hetero) is 1. The number of ketones is 1. The van der Waals surface area contributed by atoms with Crippen LogP contribution in [0.5, 0.6) is 0 Å². The molecule has 2 N–H and O–H groups in total. The fraction of sp³-hybridized carbons (Fsp3) is 0.500. The normalized spacial score (nSPS) is 24.1. The molecule has 1 fully saturated rings. The molecule has 1 aliphatic rings. The minimum Gasteiger partial charge on any atom is -0.388 e. The Balaban J connectivity index is 1.83. The number of carbonyl (C=O) groups excluding carboxylic acids is 1. The number of hydrogen-bond donors (Lipinski definition) is 2. The van der Waals surface area contributed by atoms with Gasteiger partial charge >= 0.3 is 0 Å². The van der Waals surface area contributed by atoms with E-state index in [-0.39, 0.29) is 17.6 Å². The topological polar surface area (TPSA) is 66.0 Å². The third-order valence-electron chi connectivity index (χ3n) is 4.66.